The molecule has 10 heteroatoms. The van der Waals surface area contributed by atoms with Crippen LogP contribution in [0, 0.1) is 13.8 Å². The van der Waals surface area contributed by atoms with E-state index in [1.165, 1.54) is 6.20 Å². The van der Waals surface area contributed by atoms with Gasteiger partial charge in [0.15, 0.2) is 0 Å². The number of anilines is 1. The number of hydrogen-bond donors (Lipinski definition) is 0. The molecular formula is C25H22Cl2N6O2. The van der Waals surface area contributed by atoms with Gasteiger partial charge in [-0.05, 0) is 37.6 Å². The van der Waals surface area contributed by atoms with Crippen molar-refractivity contribution < 1.29 is 9.32 Å². The second kappa shape index (κ2) is 9.64. The zero-order valence-electron chi connectivity index (χ0n) is 19.2. The molecule has 1 aliphatic rings. The quantitative estimate of drug-likeness (QED) is 0.379. The van der Waals surface area contributed by atoms with E-state index < -0.39 is 0 Å². The number of hydrogen-bond acceptors (Lipinski definition) is 7. The molecule has 0 saturated carbocycles. The van der Waals surface area contributed by atoms with Gasteiger partial charge in [-0.25, -0.2) is 4.98 Å². The fourth-order valence-electron chi connectivity index (χ4n) is 4.19. The number of pyridine rings is 1. The molecule has 1 aliphatic heterocycles. The summed E-state index contributed by atoms with van der Waals surface area (Å²) in [6.07, 6.45) is 6.52. The second-order valence-electron chi connectivity index (χ2n) is 8.32. The Hall–Kier alpha value is -3.49. The van der Waals surface area contributed by atoms with Crippen molar-refractivity contribution in [1.82, 2.24) is 25.0 Å². The first-order valence-electron chi connectivity index (χ1n) is 11.1. The SMILES string of the molecule is Cc1cc(Cl)ccc1-c1ncc(N2CCN(C(=O)c3cnoc3C)CC2)nc1-c1ccncc1Cl. The van der Waals surface area contributed by atoms with Gasteiger partial charge in [0.1, 0.15) is 22.8 Å². The molecule has 8 nitrogen and oxygen atoms in total. The van der Waals surface area contributed by atoms with Gasteiger partial charge in [0.2, 0.25) is 0 Å². The number of carbonyl (C=O) groups is 1. The van der Waals surface area contributed by atoms with Crippen molar-refractivity contribution in [3.8, 4) is 22.5 Å². The lowest BCUT2D eigenvalue weighted by atomic mass is 10.0. The van der Waals surface area contributed by atoms with Crippen LogP contribution in [0.3, 0.4) is 0 Å². The zero-order valence-corrected chi connectivity index (χ0v) is 20.7. The van der Waals surface area contributed by atoms with E-state index in [9.17, 15) is 4.79 Å². The van der Waals surface area contributed by atoms with Crippen LogP contribution in [0.2, 0.25) is 10.0 Å². The van der Waals surface area contributed by atoms with E-state index >= 15 is 0 Å². The van der Waals surface area contributed by atoms with Crippen LogP contribution in [0.15, 0.2) is 53.6 Å². The third-order valence-corrected chi connectivity index (χ3v) is 6.64. The molecular weight excluding hydrogens is 487 g/mol. The van der Waals surface area contributed by atoms with E-state index in [4.69, 9.17) is 37.7 Å². The van der Waals surface area contributed by atoms with Crippen LogP contribution in [0.5, 0.6) is 0 Å². The molecule has 0 spiro atoms. The Morgan fingerprint density at radius 1 is 0.971 bits per heavy atom. The number of rotatable bonds is 4. The Morgan fingerprint density at radius 3 is 2.46 bits per heavy atom. The van der Waals surface area contributed by atoms with Crippen LogP contribution >= 0.6 is 23.2 Å². The van der Waals surface area contributed by atoms with E-state index in [1.54, 1.807) is 30.4 Å². The highest BCUT2D eigenvalue weighted by molar-refractivity contribution is 6.33. The summed E-state index contributed by atoms with van der Waals surface area (Å²) >= 11 is 12.7. The van der Waals surface area contributed by atoms with Crippen molar-refractivity contribution >= 4 is 34.9 Å². The van der Waals surface area contributed by atoms with Gasteiger partial charge >= 0.3 is 0 Å². The summed E-state index contributed by atoms with van der Waals surface area (Å²) in [7, 11) is 0. The number of piperazine rings is 1. The molecule has 4 heterocycles. The van der Waals surface area contributed by atoms with Crippen LogP contribution in [0.1, 0.15) is 21.7 Å². The highest BCUT2D eigenvalue weighted by Gasteiger charge is 2.26. The Morgan fingerprint density at radius 2 is 1.77 bits per heavy atom. The smallest absolute Gasteiger partial charge is 0.259 e. The Labute approximate surface area is 212 Å². The highest BCUT2D eigenvalue weighted by Crippen LogP contribution is 2.36. The fraction of sp³-hybridized carbons (Fsp3) is 0.240. The zero-order chi connectivity index (χ0) is 24.5. The Bertz CT molecular complexity index is 1400. The summed E-state index contributed by atoms with van der Waals surface area (Å²) < 4.78 is 5.05. The predicted molar refractivity (Wildman–Crippen MR) is 135 cm³/mol. The van der Waals surface area contributed by atoms with Crippen molar-refractivity contribution in [3.05, 3.63) is 76.0 Å². The highest BCUT2D eigenvalue weighted by atomic mass is 35.5. The maximum atomic E-state index is 12.8. The number of aromatic nitrogens is 4. The molecule has 5 rings (SSSR count). The van der Waals surface area contributed by atoms with Gasteiger partial charge in [-0.2, -0.15) is 0 Å². The van der Waals surface area contributed by atoms with Gasteiger partial charge in [0.05, 0.1) is 23.1 Å². The average molecular weight is 509 g/mol. The molecule has 0 radical (unpaired) electrons. The van der Waals surface area contributed by atoms with Gasteiger partial charge in [-0.1, -0.05) is 34.4 Å². The number of nitrogens with zero attached hydrogens (tertiary/aromatic N) is 6. The third kappa shape index (κ3) is 4.59. The number of amides is 1. The van der Waals surface area contributed by atoms with Crippen LogP contribution in [-0.4, -0.2) is 57.1 Å². The summed E-state index contributed by atoms with van der Waals surface area (Å²) in [5, 5.41) is 4.87. The molecule has 4 aromatic rings. The van der Waals surface area contributed by atoms with Crippen molar-refractivity contribution in [3.63, 3.8) is 0 Å². The van der Waals surface area contributed by atoms with E-state index in [2.05, 4.69) is 15.0 Å². The van der Waals surface area contributed by atoms with Crippen LogP contribution in [0.25, 0.3) is 22.5 Å². The summed E-state index contributed by atoms with van der Waals surface area (Å²) in [5.74, 6) is 1.17. The standard InChI is InChI=1S/C25H22Cl2N6O2/c1-15-11-17(26)3-4-18(15)23-24(19-5-6-28-13-21(19)27)31-22(14-29-23)32-7-9-33(10-8-32)25(34)20-12-30-35-16(20)2/h3-6,11-14H,7-10H2,1-2H3. The van der Waals surface area contributed by atoms with E-state index in [1.807, 2.05) is 31.2 Å². The Kier molecular flexibility index (Phi) is 6.40. The van der Waals surface area contributed by atoms with Gasteiger partial charge < -0.3 is 14.3 Å². The van der Waals surface area contributed by atoms with E-state index in [-0.39, 0.29) is 5.91 Å². The number of carbonyl (C=O) groups excluding carboxylic acids is 1. The number of halogens is 2. The molecule has 1 aromatic carbocycles. The summed E-state index contributed by atoms with van der Waals surface area (Å²) in [6, 6.07) is 7.52. The maximum absolute atomic E-state index is 12.8. The molecule has 3 aromatic heterocycles. The Balaban J connectivity index is 1.46. The summed E-state index contributed by atoms with van der Waals surface area (Å²) in [5.41, 5.74) is 4.54. The maximum Gasteiger partial charge on any atom is 0.259 e. The van der Waals surface area contributed by atoms with Crippen molar-refractivity contribution in [2.45, 2.75) is 13.8 Å². The molecule has 0 bridgehead atoms. The summed E-state index contributed by atoms with van der Waals surface area (Å²) in [6.45, 7) is 6.06. The largest absolute Gasteiger partial charge is 0.361 e. The predicted octanol–water partition coefficient (Wildman–Crippen LogP) is 5.08. The van der Waals surface area contributed by atoms with Crippen molar-refractivity contribution in [2.75, 3.05) is 31.1 Å². The van der Waals surface area contributed by atoms with Gasteiger partial charge in [-0.3, -0.25) is 14.8 Å². The lowest BCUT2D eigenvalue weighted by Gasteiger charge is -2.35. The lowest BCUT2D eigenvalue weighted by molar-refractivity contribution is 0.0744. The first-order chi connectivity index (χ1) is 16.9. The normalized spacial score (nSPS) is 13.8. The number of benzene rings is 1. The molecule has 0 N–H and O–H groups in total. The molecule has 0 atom stereocenters. The number of aryl methyl sites for hydroxylation is 2. The fourth-order valence-corrected chi connectivity index (χ4v) is 4.63. The third-order valence-electron chi connectivity index (χ3n) is 6.10. The lowest BCUT2D eigenvalue weighted by Crippen LogP contribution is -2.49. The van der Waals surface area contributed by atoms with Crippen molar-refractivity contribution in [1.29, 1.82) is 0 Å². The molecule has 0 aliphatic carbocycles. The molecule has 178 valence electrons. The van der Waals surface area contributed by atoms with Crippen LogP contribution in [0.4, 0.5) is 5.82 Å². The van der Waals surface area contributed by atoms with Crippen molar-refractivity contribution in [2.24, 2.45) is 0 Å². The monoisotopic (exact) mass is 508 g/mol. The average Bonchev–Trinajstić information content (AvgIpc) is 3.30. The second-order valence-corrected chi connectivity index (χ2v) is 9.16. The first-order valence-corrected chi connectivity index (χ1v) is 11.9. The minimum absolute atomic E-state index is 0.0766. The van der Waals surface area contributed by atoms with Gasteiger partial charge in [0.25, 0.3) is 5.91 Å². The molecule has 0 unspecified atom stereocenters. The van der Waals surface area contributed by atoms with E-state index in [0.717, 1.165) is 22.5 Å². The summed E-state index contributed by atoms with van der Waals surface area (Å²) in [4.78, 5) is 30.6. The van der Waals surface area contributed by atoms with Gasteiger partial charge in [0, 0.05) is 54.7 Å². The van der Waals surface area contributed by atoms with E-state index in [0.29, 0.717) is 58.9 Å². The topological polar surface area (TPSA) is 88.3 Å². The minimum Gasteiger partial charge on any atom is -0.361 e. The first kappa shape index (κ1) is 23.3. The molecule has 1 saturated heterocycles. The van der Waals surface area contributed by atoms with Crippen LogP contribution in [-0.2, 0) is 0 Å². The van der Waals surface area contributed by atoms with Crippen LogP contribution < -0.4 is 4.90 Å². The molecule has 1 amide bonds. The minimum atomic E-state index is -0.0766. The molecule has 35 heavy (non-hydrogen) atoms. The van der Waals surface area contributed by atoms with Gasteiger partial charge in [-0.15, -0.1) is 0 Å². The molecule has 1 fully saturated rings.